The molecule has 2 atom stereocenters. The fourth-order valence-corrected chi connectivity index (χ4v) is 4.10. The summed E-state index contributed by atoms with van der Waals surface area (Å²) in [4.78, 5) is 19.9. The molecule has 2 bridgehead atoms. The number of hydrogen-bond donors (Lipinski definition) is 1. The number of fused-ring (bicyclic) bond motifs is 2. The van der Waals surface area contributed by atoms with E-state index in [1.54, 1.807) is 0 Å². The first-order valence-electron chi connectivity index (χ1n) is 7.96. The van der Waals surface area contributed by atoms with Crippen molar-refractivity contribution in [2.45, 2.75) is 51.4 Å². The Morgan fingerprint density at radius 2 is 1.86 bits per heavy atom. The molecule has 5 heteroatoms. The fourth-order valence-electron chi connectivity index (χ4n) is 4.00. The predicted octanol–water partition coefficient (Wildman–Crippen LogP) is 4.07. The van der Waals surface area contributed by atoms with Gasteiger partial charge in [0.05, 0.1) is 17.4 Å². The molecule has 1 amide bonds. The Kier molecular flexibility index (Phi) is 4.73. The predicted molar refractivity (Wildman–Crippen MR) is 83.1 cm³/mol. The lowest BCUT2D eigenvalue weighted by Crippen LogP contribution is -2.27. The number of nitrogens with zero attached hydrogens (tertiary/aromatic N) is 2. The van der Waals surface area contributed by atoms with Gasteiger partial charge < -0.3 is 0 Å². The summed E-state index contributed by atoms with van der Waals surface area (Å²) in [7, 11) is 0. The molecule has 1 heterocycles. The number of anilines is 1. The number of halogens is 1. The van der Waals surface area contributed by atoms with Gasteiger partial charge in [0.15, 0.2) is 0 Å². The summed E-state index contributed by atoms with van der Waals surface area (Å²) >= 11 is 5.72. The Bertz CT molecular complexity index is 479. The van der Waals surface area contributed by atoms with Gasteiger partial charge >= 0.3 is 0 Å². The average Bonchev–Trinajstić information content (AvgIpc) is 2.47. The Morgan fingerprint density at radius 1 is 1.19 bits per heavy atom. The van der Waals surface area contributed by atoms with Gasteiger partial charge in [-0.25, -0.2) is 9.97 Å². The molecule has 2 fully saturated rings. The standard InChI is InChI=1S/C16H22ClN3O/c17-14-9-18-16(19-10-14)20-15(21)5-4-13-7-11-2-1-3-12(6-11)8-13/h9-13H,1-8H2,(H,18,19,20,21). The molecule has 2 aliphatic rings. The van der Waals surface area contributed by atoms with E-state index in [4.69, 9.17) is 11.6 Å². The molecule has 2 aliphatic carbocycles. The van der Waals surface area contributed by atoms with E-state index in [0.717, 1.165) is 24.2 Å². The van der Waals surface area contributed by atoms with E-state index in [9.17, 15) is 4.79 Å². The minimum atomic E-state index is 0.00746. The van der Waals surface area contributed by atoms with Gasteiger partial charge in [-0.3, -0.25) is 10.1 Å². The van der Waals surface area contributed by atoms with Gasteiger partial charge in [-0.15, -0.1) is 0 Å². The monoisotopic (exact) mass is 307 g/mol. The van der Waals surface area contributed by atoms with Gasteiger partial charge in [0.2, 0.25) is 11.9 Å². The maximum atomic E-state index is 12.0. The maximum absolute atomic E-state index is 12.0. The van der Waals surface area contributed by atoms with E-state index < -0.39 is 0 Å². The summed E-state index contributed by atoms with van der Waals surface area (Å²) in [6, 6.07) is 0. The number of amides is 1. The third kappa shape index (κ3) is 4.16. The largest absolute Gasteiger partial charge is 0.295 e. The molecule has 0 aromatic carbocycles. The molecule has 2 saturated carbocycles. The Hall–Kier alpha value is -1.16. The highest BCUT2D eigenvalue weighted by Crippen LogP contribution is 2.43. The van der Waals surface area contributed by atoms with E-state index in [2.05, 4.69) is 15.3 Å². The average molecular weight is 308 g/mol. The van der Waals surface area contributed by atoms with Crippen molar-refractivity contribution in [3.63, 3.8) is 0 Å². The number of carbonyl (C=O) groups is 1. The smallest absolute Gasteiger partial charge is 0.229 e. The lowest BCUT2D eigenvalue weighted by molar-refractivity contribution is -0.116. The van der Waals surface area contributed by atoms with Gasteiger partial charge in [0.1, 0.15) is 0 Å². The highest BCUT2D eigenvalue weighted by Gasteiger charge is 2.31. The number of aromatic nitrogens is 2. The summed E-state index contributed by atoms with van der Waals surface area (Å²) in [5, 5.41) is 3.21. The second-order valence-electron chi connectivity index (χ2n) is 6.55. The summed E-state index contributed by atoms with van der Waals surface area (Å²) in [6.45, 7) is 0. The van der Waals surface area contributed by atoms with Crippen LogP contribution in [0.4, 0.5) is 5.95 Å². The van der Waals surface area contributed by atoms with E-state index in [1.807, 2.05) is 0 Å². The molecule has 114 valence electrons. The first kappa shape index (κ1) is 14.8. The van der Waals surface area contributed by atoms with Gasteiger partial charge in [-0.1, -0.05) is 30.9 Å². The number of hydrogen-bond acceptors (Lipinski definition) is 3. The van der Waals surface area contributed by atoms with Crippen LogP contribution in [0.25, 0.3) is 0 Å². The minimum Gasteiger partial charge on any atom is -0.295 e. The molecule has 1 aromatic rings. The van der Waals surface area contributed by atoms with Crippen LogP contribution < -0.4 is 5.32 Å². The van der Waals surface area contributed by atoms with Crippen LogP contribution in [-0.2, 0) is 4.79 Å². The first-order valence-corrected chi connectivity index (χ1v) is 8.34. The van der Waals surface area contributed by atoms with Crippen molar-refractivity contribution in [3.8, 4) is 0 Å². The highest BCUT2D eigenvalue weighted by molar-refractivity contribution is 6.30. The second kappa shape index (κ2) is 6.73. The van der Waals surface area contributed by atoms with Crippen molar-refractivity contribution >= 4 is 23.5 Å². The quantitative estimate of drug-likeness (QED) is 0.912. The summed E-state index contributed by atoms with van der Waals surface area (Å²) in [5.74, 6) is 2.92. The highest BCUT2D eigenvalue weighted by atomic mass is 35.5. The van der Waals surface area contributed by atoms with Crippen molar-refractivity contribution in [1.82, 2.24) is 9.97 Å². The van der Waals surface area contributed by atoms with E-state index in [0.29, 0.717) is 17.4 Å². The van der Waals surface area contributed by atoms with Crippen molar-refractivity contribution in [3.05, 3.63) is 17.4 Å². The molecule has 0 radical (unpaired) electrons. The van der Waals surface area contributed by atoms with Crippen LogP contribution in [-0.4, -0.2) is 15.9 Å². The van der Waals surface area contributed by atoms with E-state index in [-0.39, 0.29) is 5.91 Å². The van der Waals surface area contributed by atoms with E-state index in [1.165, 1.54) is 50.9 Å². The topological polar surface area (TPSA) is 54.9 Å². The van der Waals surface area contributed by atoms with Crippen LogP contribution in [0.15, 0.2) is 12.4 Å². The molecule has 0 aliphatic heterocycles. The normalized spacial score (nSPS) is 28.1. The van der Waals surface area contributed by atoms with Gasteiger partial charge in [0.25, 0.3) is 0 Å². The lowest BCUT2D eigenvalue weighted by atomic mass is 9.67. The molecule has 4 nitrogen and oxygen atoms in total. The van der Waals surface area contributed by atoms with Crippen molar-refractivity contribution < 1.29 is 4.79 Å². The molecule has 0 spiro atoms. The maximum Gasteiger partial charge on any atom is 0.229 e. The van der Waals surface area contributed by atoms with Crippen LogP contribution in [0.3, 0.4) is 0 Å². The zero-order chi connectivity index (χ0) is 14.7. The molecule has 1 aromatic heterocycles. The van der Waals surface area contributed by atoms with Crippen LogP contribution in [0.2, 0.25) is 5.02 Å². The molecule has 0 saturated heterocycles. The summed E-state index contributed by atoms with van der Waals surface area (Å²) in [6.07, 6.45) is 12.8. The number of nitrogens with one attached hydrogen (secondary N) is 1. The summed E-state index contributed by atoms with van der Waals surface area (Å²) in [5.41, 5.74) is 0. The Morgan fingerprint density at radius 3 is 2.52 bits per heavy atom. The SMILES string of the molecule is O=C(CCC1CC2CCCC(C2)C1)Nc1ncc(Cl)cn1. The minimum absolute atomic E-state index is 0.00746. The van der Waals surface area contributed by atoms with Crippen molar-refractivity contribution in [2.75, 3.05) is 5.32 Å². The van der Waals surface area contributed by atoms with Crippen LogP contribution in [0, 0.1) is 17.8 Å². The molecular formula is C16H22ClN3O. The third-order valence-corrected chi connectivity index (χ3v) is 5.07. The van der Waals surface area contributed by atoms with Gasteiger partial charge in [-0.2, -0.15) is 0 Å². The number of rotatable bonds is 4. The molecule has 1 N–H and O–H groups in total. The van der Waals surface area contributed by atoms with Crippen LogP contribution in [0.1, 0.15) is 51.4 Å². The zero-order valence-corrected chi connectivity index (χ0v) is 13.0. The first-order chi connectivity index (χ1) is 10.2. The Balaban J connectivity index is 1.44. The third-order valence-electron chi connectivity index (χ3n) is 4.88. The van der Waals surface area contributed by atoms with Crippen molar-refractivity contribution in [2.24, 2.45) is 17.8 Å². The van der Waals surface area contributed by atoms with Crippen LogP contribution in [0.5, 0.6) is 0 Å². The van der Waals surface area contributed by atoms with Gasteiger partial charge in [0, 0.05) is 6.42 Å². The molecule has 3 rings (SSSR count). The Labute approximate surface area is 130 Å². The summed E-state index contributed by atoms with van der Waals surface area (Å²) < 4.78 is 0. The lowest BCUT2D eigenvalue weighted by Gasteiger charge is -2.39. The van der Waals surface area contributed by atoms with E-state index >= 15 is 0 Å². The zero-order valence-electron chi connectivity index (χ0n) is 12.2. The van der Waals surface area contributed by atoms with Crippen LogP contribution >= 0.6 is 11.6 Å². The molecular weight excluding hydrogens is 286 g/mol. The molecule has 2 unspecified atom stereocenters. The number of carbonyl (C=O) groups excluding carboxylic acids is 1. The fraction of sp³-hybridized carbons (Fsp3) is 0.688. The second-order valence-corrected chi connectivity index (χ2v) is 6.98. The van der Waals surface area contributed by atoms with Gasteiger partial charge in [-0.05, 0) is 43.4 Å². The van der Waals surface area contributed by atoms with Crippen molar-refractivity contribution in [1.29, 1.82) is 0 Å². The molecule has 21 heavy (non-hydrogen) atoms.